The summed E-state index contributed by atoms with van der Waals surface area (Å²) in [6.45, 7) is 2.05. The normalized spacial score (nSPS) is 10.6. The molecule has 0 N–H and O–H groups in total. The SMILES string of the molecule is Cc1cc(P(c2ccccc2)c2ccccc2)c2ncccc2n1.[Cu]. The van der Waals surface area contributed by atoms with Crippen LogP contribution in [0, 0.1) is 6.92 Å². The Kier molecular flexibility index (Phi) is 5.60. The summed E-state index contributed by atoms with van der Waals surface area (Å²) in [6.07, 6.45) is 1.85. The third-order valence-corrected chi connectivity index (χ3v) is 6.39. The van der Waals surface area contributed by atoms with Gasteiger partial charge < -0.3 is 0 Å². The van der Waals surface area contributed by atoms with E-state index in [2.05, 4.69) is 83.6 Å². The largest absolute Gasteiger partial charge is 0.254 e. The predicted octanol–water partition coefficient (Wildman–Crippen LogP) is 3.69. The van der Waals surface area contributed by atoms with Crippen LogP contribution in [0.5, 0.6) is 0 Å². The Morgan fingerprint density at radius 3 is 1.96 bits per heavy atom. The summed E-state index contributed by atoms with van der Waals surface area (Å²) in [4.78, 5) is 9.30. The van der Waals surface area contributed by atoms with Gasteiger partial charge in [-0.25, -0.2) is 0 Å². The van der Waals surface area contributed by atoms with Crippen molar-refractivity contribution in [3.8, 4) is 0 Å². The second-order valence-electron chi connectivity index (χ2n) is 5.66. The Bertz CT molecular complexity index is 935. The first-order chi connectivity index (χ1) is 11.8. The quantitative estimate of drug-likeness (QED) is 0.393. The molecule has 2 aromatic carbocycles. The van der Waals surface area contributed by atoms with Gasteiger partial charge in [0.1, 0.15) is 0 Å². The fraction of sp³-hybridized carbons (Fsp3) is 0.0476. The van der Waals surface area contributed by atoms with Gasteiger partial charge >= 0.3 is 0 Å². The maximum atomic E-state index is 4.65. The van der Waals surface area contributed by atoms with Gasteiger partial charge in [0, 0.05) is 34.3 Å². The van der Waals surface area contributed by atoms with Crippen LogP contribution in [0.1, 0.15) is 5.69 Å². The molecule has 0 atom stereocenters. The standard InChI is InChI=1S/C21H17N2P.Cu/c1-16-15-20(21-19(23-16)13-8-14-22-21)24(17-9-4-2-5-10-17)18-11-6-3-7-12-18;/h2-15H,1H3;. The number of nitrogens with zero attached hydrogens (tertiary/aromatic N) is 2. The van der Waals surface area contributed by atoms with E-state index in [1.165, 1.54) is 15.9 Å². The monoisotopic (exact) mass is 391 g/mol. The molecule has 0 saturated carbocycles. The molecule has 2 aromatic heterocycles. The minimum absolute atomic E-state index is 0. The number of hydrogen-bond donors (Lipinski definition) is 0. The number of hydrogen-bond acceptors (Lipinski definition) is 2. The summed E-state index contributed by atoms with van der Waals surface area (Å²) >= 11 is 0. The van der Waals surface area contributed by atoms with Crippen LogP contribution in [0.4, 0.5) is 0 Å². The summed E-state index contributed by atoms with van der Waals surface area (Å²) in [5.41, 5.74) is 3.00. The van der Waals surface area contributed by atoms with Crippen LogP contribution in [0.25, 0.3) is 11.0 Å². The molecule has 0 spiro atoms. The topological polar surface area (TPSA) is 25.8 Å². The summed E-state index contributed by atoms with van der Waals surface area (Å²) in [7, 11) is -0.664. The van der Waals surface area contributed by atoms with Crippen molar-refractivity contribution in [3.05, 3.63) is 90.8 Å². The number of aryl methyl sites for hydroxylation is 1. The summed E-state index contributed by atoms with van der Waals surface area (Å²) in [5, 5.41) is 3.93. The maximum Gasteiger partial charge on any atom is 0.0970 e. The first-order valence-electron chi connectivity index (χ1n) is 7.95. The van der Waals surface area contributed by atoms with Crippen LogP contribution in [-0.4, -0.2) is 9.97 Å². The summed E-state index contributed by atoms with van der Waals surface area (Å²) in [5.74, 6) is 0. The minimum atomic E-state index is -0.664. The van der Waals surface area contributed by atoms with E-state index in [1.807, 2.05) is 18.3 Å². The van der Waals surface area contributed by atoms with Gasteiger partial charge in [-0.3, -0.25) is 9.97 Å². The number of fused-ring (bicyclic) bond motifs is 1. The average molecular weight is 392 g/mol. The number of rotatable bonds is 3. The molecule has 1 radical (unpaired) electrons. The van der Waals surface area contributed by atoms with Gasteiger partial charge in [-0.1, -0.05) is 60.7 Å². The Morgan fingerprint density at radius 2 is 1.36 bits per heavy atom. The van der Waals surface area contributed by atoms with Crippen molar-refractivity contribution in [2.45, 2.75) is 6.92 Å². The zero-order valence-electron chi connectivity index (χ0n) is 13.7. The molecule has 4 heteroatoms. The van der Waals surface area contributed by atoms with Crippen molar-refractivity contribution in [2.75, 3.05) is 0 Å². The molecule has 0 saturated heterocycles. The Morgan fingerprint density at radius 1 is 0.760 bits per heavy atom. The summed E-state index contributed by atoms with van der Waals surface area (Å²) in [6, 6.07) is 27.6. The van der Waals surface area contributed by atoms with Crippen LogP contribution < -0.4 is 15.9 Å². The molecule has 127 valence electrons. The molecule has 2 nitrogen and oxygen atoms in total. The van der Waals surface area contributed by atoms with E-state index >= 15 is 0 Å². The van der Waals surface area contributed by atoms with Crippen LogP contribution in [0.3, 0.4) is 0 Å². The fourth-order valence-electron chi connectivity index (χ4n) is 2.92. The Hall–Kier alpha value is -2.05. The molecule has 0 unspecified atom stereocenters. The molecular weight excluding hydrogens is 375 g/mol. The number of pyridine rings is 2. The average Bonchev–Trinajstić information content (AvgIpc) is 2.63. The number of aromatic nitrogens is 2. The van der Waals surface area contributed by atoms with Crippen LogP contribution in [-0.2, 0) is 17.1 Å². The molecule has 4 aromatic rings. The van der Waals surface area contributed by atoms with Crippen molar-refractivity contribution in [1.29, 1.82) is 0 Å². The first-order valence-corrected chi connectivity index (χ1v) is 9.30. The van der Waals surface area contributed by atoms with Crippen LogP contribution in [0.2, 0.25) is 0 Å². The van der Waals surface area contributed by atoms with Gasteiger partial charge in [0.25, 0.3) is 0 Å². The van der Waals surface area contributed by atoms with E-state index in [9.17, 15) is 0 Å². The molecule has 0 fully saturated rings. The molecule has 0 aliphatic carbocycles. The molecule has 2 heterocycles. The fourth-order valence-corrected chi connectivity index (χ4v) is 5.42. The second-order valence-corrected chi connectivity index (χ2v) is 7.85. The van der Waals surface area contributed by atoms with Crippen molar-refractivity contribution in [1.82, 2.24) is 9.97 Å². The molecular formula is C21H17CuN2P. The third kappa shape index (κ3) is 3.65. The van der Waals surface area contributed by atoms with E-state index in [4.69, 9.17) is 0 Å². The zero-order chi connectivity index (χ0) is 16.4. The van der Waals surface area contributed by atoms with E-state index in [0.29, 0.717) is 0 Å². The van der Waals surface area contributed by atoms with Gasteiger partial charge in [0.05, 0.1) is 11.0 Å². The van der Waals surface area contributed by atoms with Crippen molar-refractivity contribution < 1.29 is 17.1 Å². The zero-order valence-corrected chi connectivity index (χ0v) is 15.6. The molecule has 0 amide bonds. The molecule has 25 heavy (non-hydrogen) atoms. The van der Waals surface area contributed by atoms with Gasteiger partial charge in [-0.15, -0.1) is 0 Å². The smallest absolute Gasteiger partial charge is 0.0970 e. The molecule has 0 aliphatic rings. The van der Waals surface area contributed by atoms with E-state index < -0.39 is 7.92 Å². The van der Waals surface area contributed by atoms with Gasteiger partial charge in [-0.05, 0) is 43.7 Å². The van der Waals surface area contributed by atoms with E-state index in [0.717, 1.165) is 16.7 Å². The van der Waals surface area contributed by atoms with Gasteiger partial charge in [0.2, 0.25) is 0 Å². The van der Waals surface area contributed by atoms with Crippen LogP contribution in [0.15, 0.2) is 85.1 Å². The third-order valence-electron chi connectivity index (χ3n) is 3.94. The molecule has 0 aliphatic heterocycles. The maximum absolute atomic E-state index is 4.65. The van der Waals surface area contributed by atoms with Crippen LogP contribution >= 0.6 is 7.92 Å². The predicted molar refractivity (Wildman–Crippen MR) is 103 cm³/mol. The Balaban J connectivity index is 0.00000182. The molecule has 4 rings (SSSR count). The van der Waals surface area contributed by atoms with Gasteiger partial charge in [0.15, 0.2) is 0 Å². The Labute approximate surface area is 159 Å². The minimum Gasteiger partial charge on any atom is -0.254 e. The van der Waals surface area contributed by atoms with E-state index in [-0.39, 0.29) is 17.1 Å². The molecule has 0 bridgehead atoms. The first kappa shape index (κ1) is 17.8. The number of benzene rings is 2. The summed E-state index contributed by atoms with van der Waals surface area (Å²) < 4.78 is 0. The van der Waals surface area contributed by atoms with Crippen molar-refractivity contribution in [3.63, 3.8) is 0 Å². The second kappa shape index (κ2) is 7.89. The van der Waals surface area contributed by atoms with Gasteiger partial charge in [-0.2, -0.15) is 0 Å². The van der Waals surface area contributed by atoms with Crippen molar-refractivity contribution in [2.24, 2.45) is 0 Å². The van der Waals surface area contributed by atoms with Crippen molar-refractivity contribution >= 4 is 34.9 Å². The van der Waals surface area contributed by atoms with E-state index in [1.54, 1.807) is 0 Å².